The largest absolute Gasteiger partial charge is 0.480 e. The summed E-state index contributed by atoms with van der Waals surface area (Å²) >= 11 is 1.40. The fraction of sp³-hybridized carbons (Fsp3) is 0.433. The molecule has 1 unspecified atom stereocenters. The van der Waals surface area contributed by atoms with Crippen LogP contribution in [0.4, 0.5) is 22.2 Å². The van der Waals surface area contributed by atoms with Gasteiger partial charge < -0.3 is 29.9 Å². The highest BCUT2D eigenvalue weighted by Crippen LogP contribution is 2.29. The van der Waals surface area contributed by atoms with E-state index in [0.717, 1.165) is 23.3 Å². The normalized spacial score (nSPS) is 13.5. The van der Waals surface area contributed by atoms with Crippen LogP contribution < -0.4 is 19.9 Å². The number of carbonyl (C=O) groups is 3. The average Bonchev–Trinajstić information content (AvgIpc) is 3.68. The fourth-order valence-electron chi connectivity index (χ4n) is 4.79. The smallest absolute Gasteiger partial charge is 0.415 e. The Kier molecular flexibility index (Phi) is 10.3. The summed E-state index contributed by atoms with van der Waals surface area (Å²) in [6.45, 7) is 10.8. The molecule has 1 aromatic carbocycles. The van der Waals surface area contributed by atoms with E-state index in [1.165, 1.54) is 11.3 Å². The maximum Gasteiger partial charge on any atom is 0.415 e. The Morgan fingerprint density at radius 1 is 1.05 bits per heavy atom. The second-order valence-corrected chi connectivity index (χ2v) is 11.3. The maximum atomic E-state index is 13.5. The molecule has 4 rings (SSSR count). The molecule has 1 atom stereocenters. The van der Waals surface area contributed by atoms with Crippen molar-refractivity contribution in [1.82, 2.24) is 14.9 Å². The highest BCUT2D eigenvalue weighted by atomic mass is 32.1. The van der Waals surface area contributed by atoms with Gasteiger partial charge in [0.15, 0.2) is 5.82 Å². The van der Waals surface area contributed by atoms with Gasteiger partial charge in [0.25, 0.3) is 5.91 Å². The number of ether oxygens (including phenoxy) is 1. The van der Waals surface area contributed by atoms with Gasteiger partial charge in [0.2, 0.25) is 5.95 Å². The third kappa shape index (κ3) is 7.35. The van der Waals surface area contributed by atoms with Crippen molar-refractivity contribution < 1.29 is 24.2 Å². The van der Waals surface area contributed by atoms with Gasteiger partial charge in [-0.1, -0.05) is 12.1 Å². The number of hydrogen-bond acceptors (Lipinski definition) is 9. The van der Waals surface area contributed by atoms with Gasteiger partial charge in [-0.2, -0.15) is 4.98 Å². The lowest BCUT2D eigenvalue weighted by atomic mass is 10.1. The molecular formula is C30H38N6O5S. The molecule has 224 valence electrons. The van der Waals surface area contributed by atoms with Gasteiger partial charge in [-0.05, 0) is 70.4 Å². The third-order valence-corrected chi connectivity index (χ3v) is 8.14. The number of rotatable bonds is 12. The summed E-state index contributed by atoms with van der Waals surface area (Å²) < 4.78 is 5.47. The zero-order valence-electron chi connectivity index (χ0n) is 24.5. The predicted octanol–water partition coefficient (Wildman–Crippen LogP) is 5.06. The Hall–Kier alpha value is -4.19. The van der Waals surface area contributed by atoms with E-state index in [1.807, 2.05) is 38.7 Å². The summed E-state index contributed by atoms with van der Waals surface area (Å²) in [6, 6.07) is 9.44. The number of aliphatic carboxylic acids is 1. The van der Waals surface area contributed by atoms with E-state index < -0.39 is 12.0 Å². The second kappa shape index (κ2) is 14.1. The van der Waals surface area contributed by atoms with Gasteiger partial charge in [0, 0.05) is 44.0 Å². The number of carboxylic acids is 1. The van der Waals surface area contributed by atoms with Crippen LogP contribution in [0.1, 0.15) is 53.7 Å². The monoisotopic (exact) mass is 594 g/mol. The molecule has 0 spiro atoms. The van der Waals surface area contributed by atoms with Crippen LogP contribution in [0.15, 0.2) is 42.6 Å². The molecule has 2 aromatic heterocycles. The van der Waals surface area contributed by atoms with Gasteiger partial charge in [0.05, 0.1) is 11.1 Å². The topological polar surface area (TPSA) is 128 Å². The lowest BCUT2D eigenvalue weighted by Gasteiger charge is -2.26. The maximum absolute atomic E-state index is 13.5. The lowest BCUT2D eigenvalue weighted by molar-refractivity contribution is -0.137. The minimum absolute atomic E-state index is 0.129. The number of hydrogen-bond donors (Lipinski definition) is 2. The van der Waals surface area contributed by atoms with Crippen molar-refractivity contribution in [2.75, 3.05) is 47.8 Å². The van der Waals surface area contributed by atoms with Crippen molar-refractivity contribution in [2.45, 2.75) is 53.0 Å². The second-order valence-electron chi connectivity index (χ2n) is 9.98. The number of carbonyl (C=O) groups excluding carboxylic acids is 2. The summed E-state index contributed by atoms with van der Waals surface area (Å²) in [5.74, 6) is -0.173. The number of nitrogens with one attached hydrogen (secondary N) is 1. The van der Waals surface area contributed by atoms with E-state index >= 15 is 0 Å². The number of aromatic nitrogens is 2. The molecule has 11 nitrogen and oxygen atoms in total. The standard InChI is InChI=1S/C30H38N6O5S/c1-5-34(6-2)29-31-19-24(36(7-3)27(37)25-15-10-20(4)42-25)26(33-29)32-23(28(38)39)18-21-11-13-22(14-12-21)41-30(40)35-16-8-9-17-35/h10-15,19,23H,5-9,16-18H2,1-4H3,(H,38,39)(H,31,32,33). The molecule has 1 saturated heterocycles. The van der Waals surface area contributed by atoms with Crippen LogP contribution in [0, 0.1) is 6.92 Å². The van der Waals surface area contributed by atoms with Gasteiger partial charge in [0.1, 0.15) is 17.5 Å². The van der Waals surface area contributed by atoms with E-state index in [0.29, 0.717) is 55.0 Å². The summed E-state index contributed by atoms with van der Waals surface area (Å²) in [4.78, 5) is 54.2. The first-order valence-corrected chi connectivity index (χ1v) is 15.1. The molecule has 1 fully saturated rings. The molecular weight excluding hydrogens is 556 g/mol. The van der Waals surface area contributed by atoms with Crippen molar-refractivity contribution in [3.8, 4) is 5.75 Å². The number of anilines is 3. The lowest BCUT2D eigenvalue weighted by Crippen LogP contribution is -2.36. The number of carboxylic acid groups (broad SMARTS) is 1. The Morgan fingerprint density at radius 2 is 1.74 bits per heavy atom. The van der Waals surface area contributed by atoms with Crippen LogP contribution in [-0.4, -0.2) is 76.7 Å². The molecule has 0 saturated carbocycles. The van der Waals surface area contributed by atoms with Crippen LogP contribution in [0.25, 0.3) is 0 Å². The van der Waals surface area contributed by atoms with Crippen molar-refractivity contribution in [2.24, 2.45) is 0 Å². The highest BCUT2D eigenvalue weighted by molar-refractivity contribution is 7.14. The molecule has 3 heterocycles. The molecule has 0 bridgehead atoms. The van der Waals surface area contributed by atoms with Crippen LogP contribution in [0.2, 0.25) is 0 Å². The molecule has 42 heavy (non-hydrogen) atoms. The molecule has 2 N–H and O–H groups in total. The summed E-state index contributed by atoms with van der Waals surface area (Å²) in [6.07, 6.45) is 3.27. The minimum atomic E-state index is -1.07. The van der Waals surface area contributed by atoms with Crippen molar-refractivity contribution in [3.63, 3.8) is 0 Å². The first-order valence-electron chi connectivity index (χ1n) is 14.3. The minimum Gasteiger partial charge on any atom is -0.480 e. The third-order valence-electron chi connectivity index (χ3n) is 7.15. The van der Waals surface area contributed by atoms with Crippen LogP contribution >= 0.6 is 11.3 Å². The molecule has 3 aromatic rings. The number of aryl methyl sites for hydroxylation is 1. The van der Waals surface area contributed by atoms with E-state index in [1.54, 1.807) is 46.3 Å². The van der Waals surface area contributed by atoms with Gasteiger partial charge in [-0.3, -0.25) is 4.79 Å². The molecule has 0 aliphatic carbocycles. The fourth-order valence-corrected chi connectivity index (χ4v) is 5.61. The van der Waals surface area contributed by atoms with Gasteiger partial charge in [-0.15, -0.1) is 11.3 Å². The Labute approximate surface area is 250 Å². The van der Waals surface area contributed by atoms with E-state index in [-0.39, 0.29) is 24.2 Å². The van der Waals surface area contributed by atoms with Crippen molar-refractivity contribution in [1.29, 1.82) is 0 Å². The number of thiophene rings is 1. The molecule has 2 amide bonds. The summed E-state index contributed by atoms with van der Waals surface area (Å²) in [5.41, 5.74) is 1.13. The average molecular weight is 595 g/mol. The van der Waals surface area contributed by atoms with E-state index in [2.05, 4.69) is 10.3 Å². The van der Waals surface area contributed by atoms with Gasteiger partial charge >= 0.3 is 12.1 Å². The molecule has 0 radical (unpaired) electrons. The number of benzene rings is 1. The summed E-state index contributed by atoms with van der Waals surface area (Å²) in [7, 11) is 0. The first kappa shape index (κ1) is 30.8. The predicted molar refractivity (Wildman–Crippen MR) is 164 cm³/mol. The highest BCUT2D eigenvalue weighted by Gasteiger charge is 2.27. The molecule has 1 aliphatic rings. The molecule has 1 aliphatic heterocycles. The zero-order chi connectivity index (χ0) is 30.2. The van der Waals surface area contributed by atoms with Crippen LogP contribution in [0.5, 0.6) is 5.75 Å². The number of amides is 2. The van der Waals surface area contributed by atoms with Crippen molar-refractivity contribution >= 4 is 46.8 Å². The summed E-state index contributed by atoms with van der Waals surface area (Å²) in [5, 5.41) is 13.3. The SMILES string of the molecule is CCN(CC)c1ncc(N(CC)C(=O)c2ccc(C)s2)c(NC(Cc2ccc(OC(=O)N3CCCC3)cc2)C(=O)O)n1. The van der Waals surface area contributed by atoms with Crippen LogP contribution in [0.3, 0.4) is 0 Å². The van der Waals surface area contributed by atoms with Gasteiger partial charge in [-0.25, -0.2) is 14.6 Å². The zero-order valence-corrected chi connectivity index (χ0v) is 25.3. The Morgan fingerprint density at radius 3 is 2.31 bits per heavy atom. The van der Waals surface area contributed by atoms with E-state index in [4.69, 9.17) is 9.72 Å². The Bertz CT molecular complexity index is 1390. The van der Waals surface area contributed by atoms with Crippen LogP contribution in [-0.2, 0) is 11.2 Å². The van der Waals surface area contributed by atoms with Crippen molar-refractivity contribution in [3.05, 3.63) is 57.9 Å². The number of likely N-dealkylation sites (tertiary alicyclic amines) is 1. The molecule has 12 heteroatoms. The first-order chi connectivity index (χ1) is 20.2. The van der Waals surface area contributed by atoms with E-state index in [9.17, 15) is 19.5 Å². The quantitative estimate of drug-likeness (QED) is 0.296. The number of nitrogens with zero attached hydrogens (tertiary/aromatic N) is 5. The Balaban J connectivity index is 1.58.